The van der Waals surface area contributed by atoms with Crippen LogP contribution in [0.25, 0.3) is 0 Å². The highest BCUT2D eigenvalue weighted by atomic mass is 16.5. The van der Waals surface area contributed by atoms with Gasteiger partial charge in [0.05, 0.1) is 17.9 Å². The van der Waals surface area contributed by atoms with E-state index < -0.39 is 0 Å². The third-order valence-corrected chi connectivity index (χ3v) is 2.31. The quantitative estimate of drug-likeness (QED) is 0.732. The third-order valence-electron chi connectivity index (χ3n) is 2.31. The molecule has 1 aromatic heterocycles. The van der Waals surface area contributed by atoms with Crippen LogP contribution in [0.1, 0.15) is 32.0 Å². The number of methoxy groups -OCH3 is 1. The highest BCUT2D eigenvalue weighted by Crippen LogP contribution is 2.08. The number of nitrogens with zero attached hydrogens (tertiary/aromatic N) is 3. The van der Waals surface area contributed by atoms with Crippen LogP contribution in [0.3, 0.4) is 0 Å². The standard InChI is InChI=1S/C10H20N4O/c1-4-11-7-10-8-14(13-12-10)9(2)5-6-15-3/h8-9,11H,4-7H2,1-3H3. The SMILES string of the molecule is CCNCc1cn(C(C)CCOC)nn1. The lowest BCUT2D eigenvalue weighted by Gasteiger charge is -2.09. The van der Waals surface area contributed by atoms with E-state index in [0.717, 1.165) is 31.8 Å². The minimum absolute atomic E-state index is 0.341. The molecule has 1 unspecified atom stereocenters. The number of hydrogen-bond acceptors (Lipinski definition) is 4. The highest BCUT2D eigenvalue weighted by molar-refractivity contribution is 4.92. The zero-order valence-electron chi connectivity index (χ0n) is 9.73. The van der Waals surface area contributed by atoms with E-state index in [1.54, 1.807) is 7.11 Å². The Kier molecular flexibility index (Phi) is 5.28. The van der Waals surface area contributed by atoms with E-state index >= 15 is 0 Å². The summed E-state index contributed by atoms with van der Waals surface area (Å²) >= 11 is 0. The fourth-order valence-electron chi connectivity index (χ4n) is 1.28. The third kappa shape index (κ3) is 3.97. The van der Waals surface area contributed by atoms with E-state index in [0.29, 0.717) is 6.04 Å². The first-order chi connectivity index (χ1) is 7.27. The van der Waals surface area contributed by atoms with Crippen LogP contribution in [0.4, 0.5) is 0 Å². The summed E-state index contributed by atoms with van der Waals surface area (Å²) < 4.78 is 6.93. The van der Waals surface area contributed by atoms with Gasteiger partial charge in [-0.15, -0.1) is 5.10 Å². The van der Waals surface area contributed by atoms with Crippen LogP contribution >= 0.6 is 0 Å². The molecule has 1 rings (SSSR count). The van der Waals surface area contributed by atoms with Gasteiger partial charge in [-0.25, -0.2) is 4.68 Å². The minimum Gasteiger partial charge on any atom is -0.385 e. The topological polar surface area (TPSA) is 52.0 Å². The Bertz CT molecular complexity index is 274. The first-order valence-corrected chi connectivity index (χ1v) is 5.38. The Labute approximate surface area is 90.8 Å². The van der Waals surface area contributed by atoms with E-state index in [9.17, 15) is 0 Å². The first kappa shape index (κ1) is 12.1. The minimum atomic E-state index is 0.341. The van der Waals surface area contributed by atoms with Crippen molar-refractivity contribution in [3.63, 3.8) is 0 Å². The number of aromatic nitrogens is 3. The Morgan fingerprint density at radius 1 is 1.60 bits per heavy atom. The Hall–Kier alpha value is -0.940. The van der Waals surface area contributed by atoms with Gasteiger partial charge in [0.25, 0.3) is 0 Å². The van der Waals surface area contributed by atoms with E-state index in [1.807, 2.05) is 10.9 Å². The predicted molar refractivity (Wildman–Crippen MR) is 58.6 cm³/mol. The lowest BCUT2D eigenvalue weighted by molar-refractivity contribution is 0.178. The molecule has 0 radical (unpaired) electrons. The molecule has 1 aromatic rings. The fourth-order valence-corrected chi connectivity index (χ4v) is 1.28. The van der Waals surface area contributed by atoms with Crippen LogP contribution in [-0.4, -0.2) is 35.3 Å². The summed E-state index contributed by atoms with van der Waals surface area (Å²) in [4.78, 5) is 0. The number of nitrogens with one attached hydrogen (secondary N) is 1. The second-order valence-corrected chi connectivity index (χ2v) is 3.60. The molecule has 0 aromatic carbocycles. The number of rotatable bonds is 7. The smallest absolute Gasteiger partial charge is 0.0964 e. The summed E-state index contributed by atoms with van der Waals surface area (Å²) in [6, 6.07) is 0.341. The lowest BCUT2D eigenvalue weighted by Crippen LogP contribution is -2.12. The van der Waals surface area contributed by atoms with Crippen LogP contribution < -0.4 is 5.32 Å². The molecule has 1 atom stereocenters. The zero-order valence-corrected chi connectivity index (χ0v) is 9.73. The molecule has 0 fully saturated rings. The molecule has 5 nitrogen and oxygen atoms in total. The Morgan fingerprint density at radius 3 is 3.07 bits per heavy atom. The van der Waals surface area contributed by atoms with E-state index in [-0.39, 0.29) is 0 Å². The van der Waals surface area contributed by atoms with Crippen LogP contribution in [0.5, 0.6) is 0 Å². The monoisotopic (exact) mass is 212 g/mol. The molecule has 0 aliphatic carbocycles. The van der Waals surface area contributed by atoms with Gasteiger partial charge in [-0.2, -0.15) is 0 Å². The summed E-state index contributed by atoms with van der Waals surface area (Å²) in [7, 11) is 1.71. The van der Waals surface area contributed by atoms with Crippen molar-refractivity contribution in [3.05, 3.63) is 11.9 Å². The second kappa shape index (κ2) is 6.53. The molecule has 0 bridgehead atoms. The van der Waals surface area contributed by atoms with Crippen LogP contribution in [0, 0.1) is 0 Å². The maximum atomic E-state index is 5.03. The van der Waals surface area contributed by atoms with Crippen LogP contribution in [0.15, 0.2) is 6.20 Å². The van der Waals surface area contributed by atoms with Crippen molar-refractivity contribution < 1.29 is 4.74 Å². The van der Waals surface area contributed by atoms with E-state index in [2.05, 4.69) is 29.5 Å². The van der Waals surface area contributed by atoms with Crippen molar-refractivity contribution in [1.29, 1.82) is 0 Å². The summed E-state index contributed by atoms with van der Waals surface area (Å²) in [5, 5.41) is 11.4. The number of ether oxygens (including phenoxy) is 1. The summed E-state index contributed by atoms with van der Waals surface area (Å²) in [5.74, 6) is 0. The van der Waals surface area contributed by atoms with Crippen molar-refractivity contribution in [1.82, 2.24) is 20.3 Å². The van der Waals surface area contributed by atoms with Gasteiger partial charge in [-0.3, -0.25) is 0 Å². The molecule has 0 spiro atoms. The van der Waals surface area contributed by atoms with Gasteiger partial charge in [0.1, 0.15) is 0 Å². The maximum absolute atomic E-state index is 5.03. The van der Waals surface area contributed by atoms with E-state index in [1.165, 1.54) is 0 Å². The van der Waals surface area contributed by atoms with E-state index in [4.69, 9.17) is 4.74 Å². The average Bonchev–Trinajstić information content (AvgIpc) is 2.71. The van der Waals surface area contributed by atoms with Crippen molar-refractivity contribution >= 4 is 0 Å². The van der Waals surface area contributed by atoms with Crippen LogP contribution in [0.2, 0.25) is 0 Å². The van der Waals surface area contributed by atoms with Gasteiger partial charge < -0.3 is 10.1 Å². The van der Waals surface area contributed by atoms with Gasteiger partial charge in [-0.1, -0.05) is 12.1 Å². The first-order valence-electron chi connectivity index (χ1n) is 5.38. The molecular formula is C10H20N4O. The Balaban J connectivity index is 2.43. The normalized spacial score (nSPS) is 13.0. The largest absolute Gasteiger partial charge is 0.385 e. The van der Waals surface area contributed by atoms with Crippen molar-refractivity contribution in [2.24, 2.45) is 0 Å². The molecule has 5 heteroatoms. The summed E-state index contributed by atoms with van der Waals surface area (Å²) in [5.41, 5.74) is 0.987. The summed E-state index contributed by atoms with van der Waals surface area (Å²) in [6.45, 7) is 6.68. The summed E-state index contributed by atoms with van der Waals surface area (Å²) in [6.07, 6.45) is 2.95. The lowest BCUT2D eigenvalue weighted by atomic mass is 10.2. The molecule has 15 heavy (non-hydrogen) atoms. The maximum Gasteiger partial charge on any atom is 0.0964 e. The van der Waals surface area contributed by atoms with Crippen molar-refractivity contribution in [3.8, 4) is 0 Å². The van der Waals surface area contributed by atoms with Gasteiger partial charge in [0.2, 0.25) is 0 Å². The molecule has 86 valence electrons. The predicted octanol–water partition coefficient (Wildman–Crippen LogP) is 0.985. The number of hydrogen-bond donors (Lipinski definition) is 1. The fraction of sp³-hybridized carbons (Fsp3) is 0.800. The van der Waals surface area contributed by atoms with Crippen LogP contribution in [-0.2, 0) is 11.3 Å². The zero-order chi connectivity index (χ0) is 11.1. The molecule has 0 amide bonds. The van der Waals surface area contributed by atoms with Gasteiger partial charge in [0.15, 0.2) is 0 Å². The van der Waals surface area contributed by atoms with Crippen molar-refractivity contribution in [2.45, 2.75) is 32.9 Å². The van der Waals surface area contributed by atoms with Gasteiger partial charge >= 0.3 is 0 Å². The molecule has 1 heterocycles. The van der Waals surface area contributed by atoms with Gasteiger partial charge in [0, 0.05) is 20.3 Å². The van der Waals surface area contributed by atoms with Gasteiger partial charge in [-0.05, 0) is 19.9 Å². The molecule has 1 N–H and O–H groups in total. The second-order valence-electron chi connectivity index (χ2n) is 3.60. The highest BCUT2D eigenvalue weighted by Gasteiger charge is 2.07. The Morgan fingerprint density at radius 2 is 2.40 bits per heavy atom. The molecule has 0 aliphatic heterocycles. The molecule has 0 aliphatic rings. The van der Waals surface area contributed by atoms with Crippen molar-refractivity contribution in [2.75, 3.05) is 20.3 Å². The molecular weight excluding hydrogens is 192 g/mol. The molecule has 0 saturated heterocycles. The molecule has 0 saturated carbocycles. The average molecular weight is 212 g/mol.